The lowest BCUT2D eigenvalue weighted by Gasteiger charge is -2.06. The van der Waals surface area contributed by atoms with Crippen LogP contribution in [0.5, 0.6) is 5.75 Å². The first-order valence-electron chi connectivity index (χ1n) is 11.1. The molecule has 3 aromatic carbocycles. The number of aryl methyl sites for hydroxylation is 1. The maximum Gasteiger partial charge on any atom is 0.673 e. The predicted octanol–water partition coefficient (Wildman–Crippen LogP) is 5.24. The molecule has 188 valence electrons. The SMILES string of the molecule is CCc1ccc2oc(-c3ccc(OC)cc3)cc(=[NH+]c3ccc(NC(C)=O)cc3)c2c1.F[B-](F)(F)F. The summed E-state index contributed by atoms with van der Waals surface area (Å²) < 4.78 is 50.5. The van der Waals surface area contributed by atoms with Crippen LogP contribution in [-0.2, 0) is 11.2 Å². The molecule has 36 heavy (non-hydrogen) atoms. The van der Waals surface area contributed by atoms with E-state index in [1.54, 1.807) is 7.11 Å². The number of nitrogens with one attached hydrogen (secondary N) is 2. The number of amides is 1. The molecule has 0 saturated heterocycles. The fourth-order valence-corrected chi connectivity index (χ4v) is 3.45. The van der Waals surface area contributed by atoms with Crippen molar-refractivity contribution in [2.75, 3.05) is 12.4 Å². The number of carbonyl (C=O) groups excluding carboxylic acids is 1. The van der Waals surface area contributed by atoms with E-state index in [-0.39, 0.29) is 5.91 Å². The van der Waals surface area contributed by atoms with Crippen molar-refractivity contribution in [3.8, 4) is 17.1 Å². The average Bonchev–Trinajstić information content (AvgIpc) is 2.83. The maximum absolute atomic E-state index is 11.3. The van der Waals surface area contributed by atoms with E-state index in [0.29, 0.717) is 0 Å². The zero-order chi connectivity index (χ0) is 26.3. The second-order valence-corrected chi connectivity index (χ2v) is 7.82. The maximum atomic E-state index is 11.3. The van der Waals surface area contributed by atoms with Gasteiger partial charge in [-0.25, -0.2) is 4.99 Å². The minimum absolute atomic E-state index is 0.0902. The molecule has 5 nitrogen and oxygen atoms in total. The molecule has 1 amide bonds. The Kier molecular flexibility index (Phi) is 8.53. The first-order valence-corrected chi connectivity index (χ1v) is 11.1. The third kappa shape index (κ3) is 7.73. The summed E-state index contributed by atoms with van der Waals surface area (Å²) in [6.45, 7) is 3.63. The van der Waals surface area contributed by atoms with Gasteiger partial charge in [0, 0.05) is 30.3 Å². The Hall–Kier alpha value is -4.08. The van der Waals surface area contributed by atoms with Crippen LogP contribution in [-0.4, -0.2) is 20.3 Å². The Morgan fingerprint density at radius 1 is 0.972 bits per heavy atom. The lowest BCUT2D eigenvalue weighted by atomic mass is 10.1. The van der Waals surface area contributed by atoms with E-state index in [9.17, 15) is 22.1 Å². The fraction of sp³-hybridized carbons (Fsp3) is 0.154. The van der Waals surface area contributed by atoms with E-state index in [4.69, 9.17) is 9.15 Å². The van der Waals surface area contributed by atoms with Gasteiger partial charge in [-0.2, -0.15) is 0 Å². The minimum atomic E-state index is -6.00. The molecule has 4 aromatic rings. The molecule has 2 N–H and O–H groups in total. The van der Waals surface area contributed by atoms with E-state index >= 15 is 0 Å². The third-order valence-electron chi connectivity index (χ3n) is 5.10. The summed E-state index contributed by atoms with van der Waals surface area (Å²) in [6.07, 6.45) is 0.945. The van der Waals surface area contributed by atoms with Crippen LogP contribution in [0.15, 0.2) is 77.2 Å². The number of hydrogen-bond donors (Lipinski definition) is 2. The second-order valence-electron chi connectivity index (χ2n) is 7.82. The van der Waals surface area contributed by atoms with Crippen molar-refractivity contribution in [1.82, 2.24) is 0 Å². The van der Waals surface area contributed by atoms with Crippen molar-refractivity contribution in [3.63, 3.8) is 0 Å². The number of benzene rings is 3. The van der Waals surface area contributed by atoms with E-state index in [2.05, 4.69) is 29.4 Å². The Balaban J connectivity index is 0.000000658. The van der Waals surface area contributed by atoms with Crippen LogP contribution >= 0.6 is 0 Å². The number of methoxy groups -OCH3 is 1. The van der Waals surface area contributed by atoms with Gasteiger partial charge in [0.25, 0.3) is 0 Å². The summed E-state index contributed by atoms with van der Waals surface area (Å²) in [5.74, 6) is 1.47. The number of halogens is 4. The largest absolute Gasteiger partial charge is 0.673 e. The van der Waals surface area contributed by atoms with Crippen LogP contribution < -0.4 is 20.4 Å². The number of ether oxygens (including phenoxy) is 1. The van der Waals surface area contributed by atoms with Crippen molar-refractivity contribution in [3.05, 3.63) is 83.7 Å². The molecule has 0 spiro atoms. The van der Waals surface area contributed by atoms with Gasteiger partial charge in [-0.3, -0.25) is 4.79 Å². The Bertz CT molecular complexity index is 1390. The molecule has 0 saturated carbocycles. The second kappa shape index (κ2) is 11.6. The zero-order valence-electron chi connectivity index (χ0n) is 19.9. The van der Waals surface area contributed by atoms with Crippen molar-refractivity contribution in [1.29, 1.82) is 0 Å². The third-order valence-corrected chi connectivity index (χ3v) is 5.10. The highest BCUT2D eigenvalue weighted by Gasteiger charge is 2.20. The number of anilines is 1. The van der Waals surface area contributed by atoms with Crippen molar-refractivity contribution in [2.45, 2.75) is 20.3 Å². The average molecular weight is 500 g/mol. The van der Waals surface area contributed by atoms with Gasteiger partial charge in [-0.15, -0.1) is 0 Å². The molecular weight excluding hydrogens is 475 g/mol. The molecule has 0 unspecified atom stereocenters. The number of hydrogen-bond acceptors (Lipinski definition) is 3. The van der Waals surface area contributed by atoms with Gasteiger partial charge in [0.1, 0.15) is 17.1 Å². The quantitative estimate of drug-likeness (QED) is 0.291. The zero-order valence-corrected chi connectivity index (χ0v) is 19.9. The highest BCUT2D eigenvalue weighted by molar-refractivity contribution is 6.50. The first-order chi connectivity index (χ1) is 17.1. The normalized spacial score (nSPS) is 11.6. The summed E-state index contributed by atoms with van der Waals surface area (Å²) in [7, 11) is -4.35. The van der Waals surface area contributed by atoms with Crippen LogP contribution in [0.1, 0.15) is 19.4 Å². The van der Waals surface area contributed by atoms with E-state index in [1.807, 2.05) is 60.7 Å². The molecule has 1 heterocycles. The van der Waals surface area contributed by atoms with E-state index < -0.39 is 7.25 Å². The highest BCUT2D eigenvalue weighted by atomic mass is 19.5. The number of carbonyl (C=O) groups is 1. The molecule has 0 aliphatic carbocycles. The topological polar surface area (TPSA) is 65.4 Å². The molecule has 0 atom stereocenters. The van der Waals surface area contributed by atoms with Crippen LogP contribution in [0.3, 0.4) is 0 Å². The Morgan fingerprint density at radius 2 is 1.61 bits per heavy atom. The van der Waals surface area contributed by atoms with E-state index in [0.717, 1.165) is 51.2 Å². The van der Waals surface area contributed by atoms with Crippen molar-refractivity contribution < 1.29 is 36.2 Å². The van der Waals surface area contributed by atoms with E-state index in [1.165, 1.54) is 12.5 Å². The van der Waals surface area contributed by atoms with Gasteiger partial charge in [0.05, 0.1) is 18.6 Å². The van der Waals surface area contributed by atoms with Gasteiger partial charge >= 0.3 is 7.25 Å². The summed E-state index contributed by atoms with van der Waals surface area (Å²) >= 11 is 0. The molecule has 0 bridgehead atoms. The van der Waals surface area contributed by atoms with Gasteiger partial charge < -0.3 is 31.7 Å². The predicted molar refractivity (Wildman–Crippen MR) is 132 cm³/mol. The monoisotopic (exact) mass is 500 g/mol. The highest BCUT2D eigenvalue weighted by Crippen LogP contribution is 2.24. The lowest BCUT2D eigenvalue weighted by Crippen LogP contribution is -2.70. The summed E-state index contributed by atoms with van der Waals surface area (Å²) in [6, 6.07) is 23.7. The molecule has 0 aliphatic rings. The molecule has 0 aliphatic heterocycles. The van der Waals surface area contributed by atoms with Gasteiger partial charge in [0.2, 0.25) is 17.0 Å². The van der Waals surface area contributed by atoms with Gasteiger partial charge in [-0.05, 0) is 60.5 Å². The Labute approximate surface area is 205 Å². The smallest absolute Gasteiger partial charge is 0.497 e. The lowest BCUT2D eigenvalue weighted by molar-refractivity contribution is -0.400. The summed E-state index contributed by atoms with van der Waals surface area (Å²) in [5.41, 5.74) is 4.69. The standard InChI is InChI=1S/C26H24N2O3.BF4/c1-4-18-5-14-25-23(15-18)24(28-21-10-8-20(9-11-21)27-17(2)29)16-26(31-25)19-6-12-22(30-3)13-7-19;2-1(3,4)5/h5-16H,4H2,1-3H3,(H,27,29);/q;-1/p+1. The first kappa shape index (κ1) is 26.5. The molecule has 0 radical (unpaired) electrons. The molecular formula is C26H25BF4N2O3. The Morgan fingerprint density at radius 3 is 2.17 bits per heavy atom. The molecule has 4 rings (SSSR count). The number of rotatable bonds is 5. The van der Waals surface area contributed by atoms with Crippen LogP contribution in [0.25, 0.3) is 22.3 Å². The van der Waals surface area contributed by atoms with Gasteiger partial charge in [0.15, 0.2) is 0 Å². The van der Waals surface area contributed by atoms with Crippen LogP contribution in [0, 0.1) is 0 Å². The summed E-state index contributed by atoms with van der Waals surface area (Å²) in [4.78, 5) is 14.8. The van der Waals surface area contributed by atoms with Crippen LogP contribution in [0.2, 0.25) is 0 Å². The minimum Gasteiger partial charge on any atom is -0.497 e. The fourth-order valence-electron chi connectivity index (χ4n) is 3.45. The molecule has 1 aromatic heterocycles. The van der Waals surface area contributed by atoms with Gasteiger partial charge in [-0.1, -0.05) is 13.0 Å². The van der Waals surface area contributed by atoms with Crippen molar-refractivity contribution >= 4 is 35.5 Å². The number of fused-ring (bicyclic) bond motifs is 1. The molecule has 10 heteroatoms. The van der Waals surface area contributed by atoms with Crippen LogP contribution in [0.4, 0.5) is 28.6 Å². The van der Waals surface area contributed by atoms with Crippen molar-refractivity contribution in [2.24, 2.45) is 0 Å². The molecule has 0 fully saturated rings. The summed E-state index contributed by atoms with van der Waals surface area (Å²) in [5, 5.41) is 4.76.